The van der Waals surface area contributed by atoms with Crippen molar-refractivity contribution >= 4 is 34.0 Å². The molecule has 0 aromatic heterocycles. The number of hydrogen-bond acceptors (Lipinski definition) is 4. The maximum Gasteiger partial charge on any atom is 0.238 e. The predicted molar refractivity (Wildman–Crippen MR) is 81.4 cm³/mol. The number of carbonyl (C=O) groups is 1. The number of hydrogen-bond donors (Lipinski definition) is 3. The molecule has 1 unspecified atom stereocenters. The van der Waals surface area contributed by atoms with Crippen LogP contribution in [0.1, 0.15) is 24.5 Å². The van der Waals surface area contributed by atoms with Gasteiger partial charge in [-0.25, -0.2) is 13.6 Å². The molecule has 1 amide bonds. The molecule has 1 atom stereocenters. The van der Waals surface area contributed by atoms with E-state index < -0.39 is 10.0 Å². The SMILES string of the molecule is Cc1cc(S(N)(=O)=O)cc(NC(=O)CC(C)N)c1C.Cl. The highest BCUT2D eigenvalue weighted by atomic mass is 35.5. The second-order valence-corrected chi connectivity index (χ2v) is 6.25. The molecule has 0 aliphatic heterocycles. The van der Waals surface area contributed by atoms with Crippen LogP contribution in [0.5, 0.6) is 0 Å². The van der Waals surface area contributed by atoms with Crippen molar-refractivity contribution in [3.05, 3.63) is 23.3 Å². The molecule has 0 fully saturated rings. The van der Waals surface area contributed by atoms with Crippen LogP contribution in [0.25, 0.3) is 0 Å². The molecule has 0 saturated carbocycles. The third-order valence-corrected chi connectivity index (χ3v) is 3.64. The molecule has 0 radical (unpaired) electrons. The monoisotopic (exact) mass is 321 g/mol. The molecule has 8 heteroatoms. The first-order valence-corrected chi connectivity index (χ1v) is 7.35. The van der Waals surface area contributed by atoms with E-state index in [0.717, 1.165) is 11.1 Å². The Kier molecular flexibility index (Phi) is 6.63. The molecular formula is C12H20ClN3O3S. The lowest BCUT2D eigenvalue weighted by molar-refractivity contribution is -0.116. The average molecular weight is 322 g/mol. The van der Waals surface area contributed by atoms with Crippen molar-refractivity contribution in [2.24, 2.45) is 10.9 Å². The highest BCUT2D eigenvalue weighted by Gasteiger charge is 2.14. The van der Waals surface area contributed by atoms with Gasteiger partial charge in [-0.15, -0.1) is 12.4 Å². The zero-order chi connectivity index (χ0) is 14.8. The molecule has 0 aliphatic carbocycles. The van der Waals surface area contributed by atoms with E-state index in [1.54, 1.807) is 20.8 Å². The van der Waals surface area contributed by atoms with E-state index in [0.29, 0.717) is 5.69 Å². The minimum absolute atomic E-state index is 0. The second kappa shape index (κ2) is 7.03. The average Bonchev–Trinajstić information content (AvgIpc) is 2.21. The number of nitrogens with two attached hydrogens (primary N) is 2. The Balaban J connectivity index is 0.00000361. The van der Waals surface area contributed by atoms with Gasteiger partial charge < -0.3 is 11.1 Å². The molecule has 1 aromatic rings. The van der Waals surface area contributed by atoms with E-state index in [4.69, 9.17) is 10.9 Å². The van der Waals surface area contributed by atoms with Gasteiger partial charge in [-0.1, -0.05) is 0 Å². The molecule has 1 aromatic carbocycles. The summed E-state index contributed by atoms with van der Waals surface area (Å²) >= 11 is 0. The Labute approximate surface area is 125 Å². The smallest absolute Gasteiger partial charge is 0.238 e. The number of nitrogens with one attached hydrogen (secondary N) is 1. The Hall–Kier alpha value is -1.15. The predicted octanol–water partition coefficient (Wildman–Crippen LogP) is 1.05. The van der Waals surface area contributed by atoms with Gasteiger partial charge in [-0.05, 0) is 44.0 Å². The summed E-state index contributed by atoms with van der Waals surface area (Å²) in [6.45, 7) is 5.27. The third kappa shape index (κ3) is 5.09. The van der Waals surface area contributed by atoms with Crippen LogP contribution in [-0.2, 0) is 14.8 Å². The van der Waals surface area contributed by atoms with Gasteiger partial charge in [-0.3, -0.25) is 4.79 Å². The fraction of sp³-hybridized carbons (Fsp3) is 0.417. The van der Waals surface area contributed by atoms with Gasteiger partial charge in [0.2, 0.25) is 15.9 Å². The molecule has 0 spiro atoms. The summed E-state index contributed by atoms with van der Waals surface area (Å²) in [5, 5.41) is 7.75. The van der Waals surface area contributed by atoms with Crippen LogP contribution in [0.15, 0.2) is 17.0 Å². The van der Waals surface area contributed by atoms with E-state index in [9.17, 15) is 13.2 Å². The van der Waals surface area contributed by atoms with Gasteiger partial charge in [0.1, 0.15) is 0 Å². The molecule has 114 valence electrons. The Morgan fingerprint density at radius 2 is 1.90 bits per heavy atom. The number of amides is 1. The summed E-state index contributed by atoms with van der Waals surface area (Å²) in [6, 6.07) is 2.57. The number of rotatable bonds is 4. The van der Waals surface area contributed by atoms with Crippen molar-refractivity contribution in [1.29, 1.82) is 0 Å². The van der Waals surface area contributed by atoms with Crippen molar-refractivity contribution < 1.29 is 13.2 Å². The van der Waals surface area contributed by atoms with E-state index in [2.05, 4.69) is 5.32 Å². The molecule has 20 heavy (non-hydrogen) atoms. The summed E-state index contributed by atoms with van der Waals surface area (Å²) in [4.78, 5) is 11.7. The topological polar surface area (TPSA) is 115 Å². The van der Waals surface area contributed by atoms with Crippen molar-refractivity contribution in [2.45, 2.75) is 38.1 Å². The second-order valence-electron chi connectivity index (χ2n) is 4.69. The lowest BCUT2D eigenvalue weighted by Gasteiger charge is -2.13. The number of benzene rings is 1. The number of carbonyl (C=O) groups excluding carboxylic acids is 1. The Bertz CT molecular complexity index is 600. The van der Waals surface area contributed by atoms with Gasteiger partial charge in [0, 0.05) is 18.2 Å². The molecule has 0 saturated heterocycles. The molecule has 0 aliphatic rings. The number of aryl methyl sites for hydroxylation is 1. The van der Waals surface area contributed by atoms with E-state index in [-0.39, 0.29) is 35.7 Å². The van der Waals surface area contributed by atoms with Gasteiger partial charge in [0.05, 0.1) is 4.90 Å². The van der Waals surface area contributed by atoms with Gasteiger partial charge in [0.25, 0.3) is 0 Å². The lowest BCUT2D eigenvalue weighted by Crippen LogP contribution is -2.24. The molecule has 0 heterocycles. The number of primary sulfonamides is 1. The fourth-order valence-electron chi connectivity index (χ4n) is 1.61. The standard InChI is InChI=1S/C12H19N3O3S.ClH/c1-7-4-10(19(14,17)18)6-11(9(7)3)15-12(16)5-8(2)13;/h4,6,8H,5,13H2,1-3H3,(H,15,16)(H2,14,17,18);1H. The summed E-state index contributed by atoms with van der Waals surface area (Å²) < 4.78 is 22.7. The first-order valence-electron chi connectivity index (χ1n) is 5.80. The van der Waals surface area contributed by atoms with Crippen LogP contribution in [0.4, 0.5) is 5.69 Å². The van der Waals surface area contributed by atoms with E-state index in [1.807, 2.05) is 0 Å². The largest absolute Gasteiger partial charge is 0.327 e. The molecule has 1 rings (SSSR count). The highest BCUT2D eigenvalue weighted by Crippen LogP contribution is 2.23. The number of halogens is 1. The zero-order valence-corrected chi connectivity index (χ0v) is 13.3. The lowest BCUT2D eigenvalue weighted by atomic mass is 10.1. The number of sulfonamides is 1. The van der Waals surface area contributed by atoms with Gasteiger partial charge in [0.15, 0.2) is 0 Å². The zero-order valence-electron chi connectivity index (χ0n) is 11.6. The maximum atomic E-state index is 11.7. The fourth-order valence-corrected chi connectivity index (χ4v) is 2.24. The molecule has 0 bridgehead atoms. The first-order chi connectivity index (χ1) is 8.61. The van der Waals surface area contributed by atoms with E-state index in [1.165, 1.54) is 12.1 Å². The minimum atomic E-state index is -3.80. The van der Waals surface area contributed by atoms with Crippen LogP contribution >= 0.6 is 12.4 Å². The van der Waals surface area contributed by atoms with Crippen molar-refractivity contribution in [1.82, 2.24) is 0 Å². The molecule has 5 N–H and O–H groups in total. The van der Waals surface area contributed by atoms with Gasteiger partial charge >= 0.3 is 0 Å². The Morgan fingerprint density at radius 1 is 1.35 bits per heavy atom. The van der Waals surface area contributed by atoms with Crippen molar-refractivity contribution in [2.75, 3.05) is 5.32 Å². The molecule has 6 nitrogen and oxygen atoms in total. The van der Waals surface area contributed by atoms with Crippen LogP contribution < -0.4 is 16.2 Å². The summed E-state index contributed by atoms with van der Waals surface area (Å²) in [5.74, 6) is -0.260. The normalized spacial score (nSPS) is 12.4. The van der Waals surface area contributed by atoms with E-state index >= 15 is 0 Å². The first kappa shape index (κ1) is 18.9. The third-order valence-electron chi connectivity index (χ3n) is 2.75. The Morgan fingerprint density at radius 3 is 2.35 bits per heavy atom. The van der Waals surface area contributed by atoms with Gasteiger partial charge in [-0.2, -0.15) is 0 Å². The van der Waals surface area contributed by atoms with Crippen LogP contribution in [-0.4, -0.2) is 20.4 Å². The van der Waals surface area contributed by atoms with Crippen LogP contribution in [0.3, 0.4) is 0 Å². The van der Waals surface area contributed by atoms with Crippen molar-refractivity contribution in [3.63, 3.8) is 0 Å². The summed E-state index contributed by atoms with van der Waals surface area (Å²) in [6.07, 6.45) is 0.165. The summed E-state index contributed by atoms with van der Waals surface area (Å²) in [5.41, 5.74) is 7.51. The minimum Gasteiger partial charge on any atom is -0.327 e. The number of anilines is 1. The van der Waals surface area contributed by atoms with Crippen LogP contribution in [0, 0.1) is 13.8 Å². The quantitative estimate of drug-likeness (QED) is 0.768. The summed E-state index contributed by atoms with van der Waals surface area (Å²) in [7, 11) is -3.80. The van der Waals surface area contributed by atoms with Crippen molar-refractivity contribution in [3.8, 4) is 0 Å². The maximum absolute atomic E-state index is 11.7. The highest BCUT2D eigenvalue weighted by molar-refractivity contribution is 7.89. The molecular weight excluding hydrogens is 302 g/mol. The van der Waals surface area contributed by atoms with Crippen LogP contribution in [0.2, 0.25) is 0 Å².